The van der Waals surface area contributed by atoms with E-state index in [4.69, 9.17) is 4.98 Å². The Morgan fingerprint density at radius 1 is 1.03 bits per heavy atom. The zero-order valence-electron chi connectivity index (χ0n) is 19.8. The fourth-order valence-corrected chi connectivity index (χ4v) is 6.10. The van der Waals surface area contributed by atoms with Crippen LogP contribution in [0.2, 0.25) is 0 Å². The van der Waals surface area contributed by atoms with Crippen molar-refractivity contribution in [2.24, 2.45) is 0 Å². The molecule has 30 heavy (non-hydrogen) atoms. The van der Waals surface area contributed by atoms with Gasteiger partial charge in [0.1, 0.15) is 0 Å². The first kappa shape index (κ1) is 22.0. The Labute approximate surface area is 187 Å². The maximum Gasteiger partial charge on any atom is 0.0964 e. The van der Waals surface area contributed by atoms with Gasteiger partial charge in [0.15, 0.2) is 0 Å². The van der Waals surface area contributed by atoms with E-state index in [0.29, 0.717) is 5.92 Å². The fourth-order valence-electron chi connectivity index (χ4n) is 5.10. The van der Waals surface area contributed by atoms with E-state index in [1.165, 1.54) is 72.7 Å². The monoisotopic (exact) mass is 425 g/mol. The molecule has 4 rings (SSSR count). The van der Waals surface area contributed by atoms with Crippen LogP contribution in [0.4, 0.5) is 0 Å². The Bertz CT molecular complexity index is 872. The summed E-state index contributed by atoms with van der Waals surface area (Å²) < 4.78 is 0. The second-order valence-corrected chi connectivity index (χ2v) is 11.9. The summed E-state index contributed by atoms with van der Waals surface area (Å²) in [6.07, 6.45) is 5.00. The highest BCUT2D eigenvalue weighted by atomic mass is 32.1. The molecule has 2 aromatic rings. The minimum absolute atomic E-state index is 0.249. The number of nitrogens with zero attached hydrogens (tertiary/aromatic N) is 3. The first-order valence-electron chi connectivity index (χ1n) is 11.6. The second kappa shape index (κ2) is 8.37. The molecular weight excluding hydrogens is 386 g/mol. The predicted octanol–water partition coefficient (Wildman–Crippen LogP) is 5.90. The molecule has 1 aromatic heterocycles. The minimum atomic E-state index is 0.249. The first-order valence-corrected chi connectivity index (χ1v) is 12.5. The van der Waals surface area contributed by atoms with Crippen LogP contribution in [0.15, 0.2) is 23.6 Å². The topological polar surface area (TPSA) is 19.4 Å². The number of hydrogen-bond acceptors (Lipinski definition) is 4. The summed E-state index contributed by atoms with van der Waals surface area (Å²) in [6, 6.07) is 7.14. The van der Waals surface area contributed by atoms with Gasteiger partial charge >= 0.3 is 0 Å². The Morgan fingerprint density at radius 2 is 1.70 bits per heavy atom. The zero-order valence-corrected chi connectivity index (χ0v) is 20.6. The molecule has 2 heterocycles. The Kier molecular flexibility index (Phi) is 6.13. The van der Waals surface area contributed by atoms with Gasteiger partial charge in [0, 0.05) is 30.0 Å². The van der Waals surface area contributed by atoms with Gasteiger partial charge in [0.05, 0.1) is 10.7 Å². The van der Waals surface area contributed by atoms with Gasteiger partial charge in [-0.25, -0.2) is 4.98 Å². The molecule has 1 aliphatic heterocycles. The van der Waals surface area contributed by atoms with Crippen molar-refractivity contribution in [3.8, 4) is 11.3 Å². The number of hydrogen-bond donors (Lipinski definition) is 0. The third kappa shape index (κ3) is 4.51. The summed E-state index contributed by atoms with van der Waals surface area (Å²) >= 11 is 1.87. The molecule has 0 saturated carbocycles. The van der Waals surface area contributed by atoms with E-state index in [-0.39, 0.29) is 10.8 Å². The number of benzene rings is 1. The molecule has 1 aliphatic carbocycles. The van der Waals surface area contributed by atoms with Crippen LogP contribution in [0, 0.1) is 0 Å². The van der Waals surface area contributed by atoms with Gasteiger partial charge in [0.25, 0.3) is 0 Å². The van der Waals surface area contributed by atoms with Crippen molar-refractivity contribution in [1.29, 1.82) is 0 Å². The Morgan fingerprint density at radius 3 is 2.37 bits per heavy atom. The third-order valence-electron chi connectivity index (χ3n) is 7.47. The van der Waals surface area contributed by atoms with E-state index in [0.717, 1.165) is 6.54 Å². The van der Waals surface area contributed by atoms with E-state index < -0.39 is 0 Å². The van der Waals surface area contributed by atoms with Gasteiger partial charge in [-0.05, 0) is 80.9 Å². The number of rotatable bonds is 5. The Balaban J connectivity index is 1.49. The summed E-state index contributed by atoms with van der Waals surface area (Å²) in [7, 11) is 4.32. The van der Waals surface area contributed by atoms with Gasteiger partial charge in [-0.15, -0.1) is 11.3 Å². The van der Waals surface area contributed by atoms with Crippen molar-refractivity contribution in [1.82, 2.24) is 14.8 Å². The maximum absolute atomic E-state index is 5.13. The van der Waals surface area contributed by atoms with E-state index in [1.807, 2.05) is 11.3 Å². The molecule has 1 saturated heterocycles. The van der Waals surface area contributed by atoms with Crippen LogP contribution >= 0.6 is 11.3 Å². The lowest BCUT2D eigenvalue weighted by Crippen LogP contribution is -2.37. The van der Waals surface area contributed by atoms with E-state index in [2.05, 4.69) is 75.2 Å². The standard InChI is InChI=1S/C26H39N3S/c1-25(2)11-12-26(3,4)22-17-20(7-8-21(22)25)23-18-30-24(27-23)19-9-13-29(14-10-19)16-15-28(5)6/h7-8,17-19H,9-16H2,1-6H3. The molecule has 164 valence electrons. The lowest BCUT2D eigenvalue weighted by atomic mass is 9.63. The lowest BCUT2D eigenvalue weighted by Gasteiger charge is -2.42. The van der Waals surface area contributed by atoms with E-state index in [9.17, 15) is 0 Å². The van der Waals surface area contributed by atoms with Crippen LogP contribution in [0.25, 0.3) is 11.3 Å². The van der Waals surface area contributed by atoms with Gasteiger partial charge < -0.3 is 9.80 Å². The normalized spacial score (nSPS) is 21.7. The quantitative estimate of drug-likeness (QED) is 0.594. The highest BCUT2D eigenvalue weighted by Crippen LogP contribution is 2.47. The molecule has 0 radical (unpaired) electrons. The molecule has 1 aromatic carbocycles. The van der Waals surface area contributed by atoms with Crippen LogP contribution in [-0.4, -0.2) is 55.1 Å². The number of likely N-dealkylation sites (tertiary alicyclic amines) is 1. The summed E-state index contributed by atoms with van der Waals surface area (Å²) in [5.41, 5.74) is 6.05. The van der Waals surface area contributed by atoms with E-state index >= 15 is 0 Å². The molecule has 0 N–H and O–H groups in total. The van der Waals surface area contributed by atoms with Gasteiger partial charge in [-0.1, -0.05) is 39.8 Å². The summed E-state index contributed by atoms with van der Waals surface area (Å²) in [4.78, 5) is 10.0. The summed E-state index contributed by atoms with van der Waals surface area (Å²) in [5, 5.41) is 3.63. The summed E-state index contributed by atoms with van der Waals surface area (Å²) in [6.45, 7) is 14.3. The predicted molar refractivity (Wildman–Crippen MR) is 130 cm³/mol. The zero-order chi connectivity index (χ0) is 21.5. The molecule has 0 spiro atoms. The van der Waals surface area contributed by atoms with E-state index in [1.54, 1.807) is 0 Å². The molecule has 0 atom stereocenters. The Hall–Kier alpha value is -1.23. The highest BCUT2D eigenvalue weighted by Gasteiger charge is 2.37. The average molecular weight is 426 g/mol. The van der Waals surface area contributed by atoms with Gasteiger partial charge in [-0.2, -0.15) is 0 Å². The van der Waals surface area contributed by atoms with Crippen molar-refractivity contribution >= 4 is 11.3 Å². The van der Waals surface area contributed by atoms with Crippen molar-refractivity contribution in [3.05, 3.63) is 39.7 Å². The second-order valence-electron chi connectivity index (χ2n) is 11.0. The third-order valence-corrected chi connectivity index (χ3v) is 8.48. The molecule has 0 unspecified atom stereocenters. The molecule has 4 heteroatoms. The lowest BCUT2D eigenvalue weighted by molar-refractivity contribution is 0.193. The minimum Gasteiger partial charge on any atom is -0.308 e. The van der Waals surface area contributed by atoms with Crippen LogP contribution in [0.5, 0.6) is 0 Å². The number of aromatic nitrogens is 1. The largest absolute Gasteiger partial charge is 0.308 e. The SMILES string of the molecule is CN(C)CCN1CCC(c2nc(-c3ccc4c(c3)C(C)(C)CCC4(C)C)cs2)CC1. The maximum atomic E-state index is 5.13. The first-order chi connectivity index (χ1) is 14.2. The number of thiazole rings is 1. The number of likely N-dealkylation sites (N-methyl/N-ethyl adjacent to an activating group) is 1. The smallest absolute Gasteiger partial charge is 0.0964 e. The average Bonchev–Trinajstić information content (AvgIpc) is 3.20. The van der Waals surface area contributed by atoms with Crippen molar-refractivity contribution in [3.63, 3.8) is 0 Å². The van der Waals surface area contributed by atoms with Crippen molar-refractivity contribution in [2.75, 3.05) is 40.3 Å². The van der Waals surface area contributed by atoms with Crippen LogP contribution < -0.4 is 0 Å². The molecule has 0 bridgehead atoms. The molecule has 3 nitrogen and oxygen atoms in total. The molecule has 0 amide bonds. The number of fused-ring (bicyclic) bond motifs is 1. The van der Waals surface area contributed by atoms with Crippen molar-refractivity contribution < 1.29 is 0 Å². The van der Waals surface area contributed by atoms with Crippen molar-refractivity contribution in [2.45, 2.75) is 70.1 Å². The van der Waals surface area contributed by atoms with Crippen LogP contribution in [0.1, 0.15) is 75.4 Å². The number of piperidine rings is 1. The highest BCUT2D eigenvalue weighted by molar-refractivity contribution is 7.10. The van der Waals surface area contributed by atoms with Gasteiger partial charge in [0.2, 0.25) is 0 Å². The summed E-state index contributed by atoms with van der Waals surface area (Å²) in [5.74, 6) is 0.632. The molecule has 1 fully saturated rings. The van der Waals surface area contributed by atoms with Gasteiger partial charge in [-0.3, -0.25) is 0 Å². The van der Waals surface area contributed by atoms with Crippen LogP contribution in [-0.2, 0) is 10.8 Å². The molecular formula is C26H39N3S. The van der Waals surface area contributed by atoms with Crippen LogP contribution in [0.3, 0.4) is 0 Å². The fraction of sp³-hybridized carbons (Fsp3) is 0.654. The molecule has 2 aliphatic rings.